The number of aromatic nitrogens is 3. The topological polar surface area (TPSA) is 73.0 Å². The average Bonchev–Trinajstić information content (AvgIpc) is 3.00. The predicted octanol–water partition coefficient (Wildman–Crippen LogP) is 2.61. The van der Waals surface area contributed by atoms with Gasteiger partial charge >= 0.3 is 0 Å². The monoisotopic (exact) mass is 322 g/mol. The minimum absolute atomic E-state index is 0.196. The highest BCUT2D eigenvalue weighted by atomic mass is 16.3. The second kappa shape index (κ2) is 5.96. The maximum Gasteiger partial charge on any atom is 0.273 e. The summed E-state index contributed by atoms with van der Waals surface area (Å²) in [6.45, 7) is 0.635. The summed E-state index contributed by atoms with van der Waals surface area (Å²) in [6.07, 6.45) is 4.20. The summed E-state index contributed by atoms with van der Waals surface area (Å²) >= 11 is 0. The Kier molecular flexibility index (Phi) is 3.65. The number of nitrogens with one attached hydrogen (secondary N) is 1. The summed E-state index contributed by atoms with van der Waals surface area (Å²) < 4.78 is 7.31. The van der Waals surface area contributed by atoms with E-state index in [4.69, 9.17) is 4.42 Å². The first-order valence-electron chi connectivity index (χ1n) is 7.99. The number of benzene rings is 1. The number of nitrogens with zero attached hydrogens (tertiary/aromatic N) is 3. The van der Waals surface area contributed by atoms with Gasteiger partial charge in [0.1, 0.15) is 0 Å². The summed E-state index contributed by atoms with van der Waals surface area (Å²) in [6, 6.07) is 11.6. The van der Waals surface area contributed by atoms with Crippen LogP contribution in [0.15, 0.2) is 53.4 Å². The molecule has 2 aromatic heterocycles. The molecule has 6 heteroatoms. The van der Waals surface area contributed by atoms with Crippen molar-refractivity contribution in [3.8, 4) is 11.3 Å². The van der Waals surface area contributed by atoms with Crippen molar-refractivity contribution in [3.05, 3.63) is 60.4 Å². The Morgan fingerprint density at radius 3 is 2.92 bits per heavy atom. The molecule has 1 aromatic carbocycles. The molecule has 1 aliphatic carbocycles. The molecule has 4 rings (SSSR count). The standard InChI is InChI=1S/C18H18N4O2/c1-22-15(7-8-21-22)14-9-13(14)10-19-18(23)16-17(24-11-20-16)12-5-3-2-4-6-12/h2-8,11,13-14H,9-10H2,1H3,(H,19,23)/t13-,14+/m0/s1. The van der Waals surface area contributed by atoms with Crippen molar-refractivity contribution in [2.75, 3.05) is 6.54 Å². The van der Waals surface area contributed by atoms with E-state index in [0.29, 0.717) is 29.8 Å². The summed E-state index contributed by atoms with van der Waals surface area (Å²) in [5.74, 6) is 1.24. The van der Waals surface area contributed by atoms with Crippen molar-refractivity contribution in [2.45, 2.75) is 12.3 Å². The molecule has 0 aliphatic heterocycles. The number of rotatable bonds is 5. The van der Waals surface area contributed by atoms with Crippen LogP contribution in [-0.2, 0) is 7.05 Å². The number of aryl methyl sites for hydroxylation is 1. The van der Waals surface area contributed by atoms with Crippen LogP contribution in [0, 0.1) is 5.92 Å². The Hall–Kier alpha value is -2.89. The third kappa shape index (κ3) is 2.71. The van der Waals surface area contributed by atoms with Crippen molar-refractivity contribution >= 4 is 5.91 Å². The van der Waals surface area contributed by atoms with E-state index in [1.165, 1.54) is 12.1 Å². The molecule has 0 bridgehead atoms. The molecule has 1 aliphatic rings. The summed E-state index contributed by atoms with van der Waals surface area (Å²) in [5.41, 5.74) is 2.40. The lowest BCUT2D eigenvalue weighted by Crippen LogP contribution is -2.26. The van der Waals surface area contributed by atoms with Crippen LogP contribution in [0.2, 0.25) is 0 Å². The Morgan fingerprint density at radius 1 is 1.33 bits per heavy atom. The molecule has 0 saturated heterocycles. The summed E-state index contributed by atoms with van der Waals surface area (Å²) in [7, 11) is 1.95. The molecule has 2 atom stereocenters. The Bertz CT molecular complexity index is 853. The molecule has 0 unspecified atom stereocenters. The van der Waals surface area contributed by atoms with Crippen LogP contribution in [0.3, 0.4) is 0 Å². The lowest BCUT2D eigenvalue weighted by Gasteiger charge is -2.05. The summed E-state index contributed by atoms with van der Waals surface area (Å²) in [4.78, 5) is 16.5. The average molecular weight is 322 g/mol. The summed E-state index contributed by atoms with van der Waals surface area (Å²) in [5, 5.41) is 7.18. The van der Waals surface area contributed by atoms with Gasteiger partial charge in [-0.1, -0.05) is 30.3 Å². The second-order valence-electron chi connectivity index (χ2n) is 6.09. The first-order chi connectivity index (χ1) is 11.7. The maximum atomic E-state index is 12.4. The van der Waals surface area contributed by atoms with Crippen LogP contribution in [-0.4, -0.2) is 27.2 Å². The van der Waals surface area contributed by atoms with Crippen LogP contribution in [0.5, 0.6) is 0 Å². The first-order valence-corrected chi connectivity index (χ1v) is 7.99. The van der Waals surface area contributed by atoms with E-state index in [2.05, 4.69) is 15.4 Å². The molecule has 6 nitrogen and oxygen atoms in total. The van der Waals surface area contributed by atoms with Crippen LogP contribution in [0.25, 0.3) is 11.3 Å². The lowest BCUT2D eigenvalue weighted by atomic mass is 10.1. The van der Waals surface area contributed by atoms with Crippen molar-refractivity contribution in [2.24, 2.45) is 13.0 Å². The molecule has 122 valence electrons. The largest absolute Gasteiger partial charge is 0.443 e. The zero-order valence-corrected chi connectivity index (χ0v) is 13.3. The van der Waals surface area contributed by atoms with Crippen LogP contribution in [0.4, 0.5) is 0 Å². The van der Waals surface area contributed by atoms with Crippen molar-refractivity contribution in [1.82, 2.24) is 20.1 Å². The fourth-order valence-corrected chi connectivity index (χ4v) is 3.09. The Labute approximate surface area is 139 Å². The van der Waals surface area contributed by atoms with Crippen LogP contribution in [0.1, 0.15) is 28.5 Å². The highest BCUT2D eigenvalue weighted by Crippen LogP contribution is 2.46. The molecular formula is C18H18N4O2. The van der Waals surface area contributed by atoms with Crippen molar-refractivity contribution < 1.29 is 9.21 Å². The van der Waals surface area contributed by atoms with Gasteiger partial charge in [0.15, 0.2) is 17.8 Å². The maximum absolute atomic E-state index is 12.4. The van der Waals surface area contributed by atoms with E-state index in [0.717, 1.165) is 12.0 Å². The van der Waals surface area contributed by atoms with Crippen LogP contribution >= 0.6 is 0 Å². The fraction of sp³-hybridized carbons (Fsp3) is 0.278. The number of oxazole rings is 1. The van der Waals surface area contributed by atoms with Gasteiger partial charge in [0, 0.05) is 37.0 Å². The van der Waals surface area contributed by atoms with Gasteiger partial charge in [0.25, 0.3) is 5.91 Å². The van der Waals surface area contributed by atoms with Crippen molar-refractivity contribution in [3.63, 3.8) is 0 Å². The molecule has 1 saturated carbocycles. The van der Waals surface area contributed by atoms with Gasteiger partial charge in [-0.3, -0.25) is 9.48 Å². The highest BCUT2D eigenvalue weighted by Gasteiger charge is 2.40. The smallest absolute Gasteiger partial charge is 0.273 e. The minimum atomic E-state index is -0.196. The normalized spacial score (nSPS) is 19.2. The molecule has 24 heavy (non-hydrogen) atoms. The number of carbonyl (C=O) groups excluding carboxylic acids is 1. The Morgan fingerprint density at radius 2 is 2.17 bits per heavy atom. The molecule has 0 spiro atoms. The second-order valence-corrected chi connectivity index (χ2v) is 6.09. The lowest BCUT2D eigenvalue weighted by molar-refractivity contribution is 0.0947. The van der Waals surface area contributed by atoms with E-state index in [9.17, 15) is 4.79 Å². The number of hydrogen-bond acceptors (Lipinski definition) is 4. The predicted molar refractivity (Wildman–Crippen MR) is 88.3 cm³/mol. The van der Waals surface area contributed by atoms with E-state index >= 15 is 0 Å². The third-order valence-electron chi connectivity index (χ3n) is 4.50. The van der Waals surface area contributed by atoms with Gasteiger partial charge in [-0.2, -0.15) is 5.10 Å². The van der Waals surface area contributed by atoms with Gasteiger partial charge < -0.3 is 9.73 Å². The number of carbonyl (C=O) groups is 1. The quantitative estimate of drug-likeness (QED) is 0.783. The van der Waals surface area contributed by atoms with Crippen molar-refractivity contribution in [1.29, 1.82) is 0 Å². The van der Waals surface area contributed by atoms with E-state index in [1.54, 1.807) is 0 Å². The van der Waals surface area contributed by atoms with E-state index < -0.39 is 0 Å². The molecule has 3 aromatic rings. The molecule has 2 heterocycles. The zero-order valence-electron chi connectivity index (χ0n) is 13.3. The molecule has 1 N–H and O–H groups in total. The van der Waals surface area contributed by atoms with Crippen LogP contribution < -0.4 is 5.32 Å². The highest BCUT2D eigenvalue weighted by molar-refractivity contribution is 5.97. The Balaban J connectivity index is 1.40. The number of amides is 1. The molecular weight excluding hydrogens is 304 g/mol. The number of hydrogen-bond donors (Lipinski definition) is 1. The fourth-order valence-electron chi connectivity index (χ4n) is 3.09. The minimum Gasteiger partial charge on any atom is -0.443 e. The zero-order chi connectivity index (χ0) is 16.5. The third-order valence-corrected chi connectivity index (χ3v) is 4.50. The molecule has 0 radical (unpaired) electrons. The van der Waals surface area contributed by atoms with E-state index in [-0.39, 0.29) is 5.91 Å². The van der Waals surface area contributed by atoms with E-state index in [1.807, 2.05) is 54.3 Å². The molecule has 1 fully saturated rings. The van der Waals surface area contributed by atoms with Gasteiger partial charge in [-0.15, -0.1) is 0 Å². The van der Waals surface area contributed by atoms with Gasteiger partial charge in [0.05, 0.1) is 0 Å². The van der Waals surface area contributed by atoms with Gasteiger partial charge in [-0.25, -0.2) is 4.98 Å². The van der Waals surface area contributed by atoms with Gasteiger partial charge in [0.2, 0.25) is 0 Å². The molecule has 1 amide bonds. The SMILES string of the molecule is Cn1nccc1[C@@H]1C[C@H]1CNC(=O)c1ncoc1-c1ccccc1. The van der Waals surface area contributed by atoms with Gasteiger partial charge in [-0.05, 0) is 18.4 Å². The first kappa shape index (κ1) is 14.7.